The van der Waals surface area contributed by atoms with Gasteiger partial charge in [0.15, 0.2) is 4.34 Å². The molecule has 3 heterocycles. The average molecular weight is 479 g/mol. The average Bonchev–Trinajstić information content (AvgIpc) is 3.53. The highest BCUT2D eigenvalue weighted by Crippen LogP contribution is 2.38. The Balaban J connectivity index is 1.44. The number of thioether (sulfide) groups is 1. The molecule has 0 aliphatic carbocycles. The molecular weight excluding hydrogens is 456 g/mol. The number of fused-ring (bicyclic) bond motifs is 1. The van der Waals surface area contributed by atoms with Gasteiger partial charge < -0.3 is 14.8 Å². The lowest BCUT2D eigenvalue weighted by Gasteiger charge is -2.30. The molecule has 1 aliphatic rings. The lowest BCUT2D eigenvalue weighted by atomic mass is 10.0. The first kappa shape index (κ1) is 21.5. The molecule has 1 N–H and O–H groups in total. The van der Waals surface area contributed by atoms with E-state index >= 15 is 0 Å². The molecular formula is C23H22N6O2S2. The molecule has 0 amide bonds. The Morgan fingerprint density at radius 1 is 1.09 bits per heavy atom. The smallest absolute Gasteiger partial charge is 0.226 e. The minimum absolute atomic E-state index is 0.223. The molecule has 0 saturated carbocycles. The van der Waals surface area contributed by atoms with Crippen molar-refractivity contribution in [3.05, 3.63) is 77.9 Å². The molecule has 33 heavy (non-hydrogen) atoms. The SMILES string of the molecule is CCOC1=C(CSc2nnc(-c3ccccc3)s2)Nc2ncnn2[C@H]1c1ccc(OC)cc1. The van der Waals surface area contributed by atoms with Crippen LogP contribution in [-0.4, -0.2) is 44.4 Å². The summed E-state index contributed by atoms with van der Waals surface area (Å²) in [5.41, 5.74) is 3.05. The number of ether oxygens (including phenoxy) is 2. The van der Waals surface area contributed by atoms with Crippen molar-refractivity contribution in [3.8, 4) is 16.3 Å². The molecule has 4 aromatic rings. The van der Waals surface area contributed by atoms with Crippen LogP contribution in [-0.2, 0) is 4.74 Å². The van der Waals surface area contributed by atoms with Crippen molar-refractivity contribution in [1.82, 2.24) is 25.0 Å². The van der Waals surface area contributed by atoms with Crippen molar-refractivity contribution in [2.75, 3.05) is 24.8 Å². The Kier molecular flexibility index (Phi) is 6.27. The maximum absolute atomic E-state index is 6.16. The molecule has 5 rings (SSSR count). The van der Waals surface area contributed by atoms with Gasteiger partial charge in [0.05, 0.1) is 19.4 Å². The molecule has 0 bridgehead atoms. The second-order valence-electron chi connectivity index (χ2n) is 7.13. The van der Waals surface area contributed by atoms with Gasteiger partial charge in [-0.1, -0.05) is 65.6 Å². The monoisotopic (exact) mass is 478 g/mol. The first-order chi connectivity index (χ1) is 16.3. The van der Waals surface area contributed by atoms with Crippen LogP contribution in [0, 0.1) is 0 Å². The minimum Gasteiger partial charge on any atom is -0.497 e. The van der Waals surface area contributed by atoms with E-state index in [1.54, 1.807) is 36.5 Å². The van der Waals surface area contributed by atoms with E-state index in [1.807, 2.05) is 66.2 Å². The third-order valence-electron chi connectivity index (χ3n) is 5.12. The van der Waals surface area contributed by atoms with Crippen LogP contribution in [0.3, 0.4) is 0 Å². The van der Waals surface area contributed by atoms with E-state index in [2.05, 4.69) is 25.6 Å². The van der Waals surface area contributed by atoms with Gasteiger partial charge in [0, 0.05) is 11.3 Å². The largest absolute Gasteiger partial charge is 0.497 e. The van der Waals surface area contributed by atoms with Crippen LogP contribution in [0.15, 0.2) is 76.7 Å². The summed E-state index contributed by atoms with van der Waals surface area (Å²) in [5.74, 6) is 2.94. The molecule has 0 unspecified atom stereocenters. The Morgan fingerprint density at radius 3 is 2.67 bits per heavy atom. The molecule has 10 heteroatoms. The van der Waals surface area contributed by atoms with Gasteiger partial charge >= 0.3 is 0 Å². The molecule has 2 aromatic heterocycles. The van der Waals surface area contributed by atoms with E-state index in [0.717, 1.165) is 37.7 Å². The summed E-state index contributed by atoms with van der Waals surface area (Å²) < 4.78 is 14.2. The van der Waals surface area contributed by atoms with Crippen LogP contribution in [0.2, 0.25) is 0 Å². The number of aromatic nitrogens is 5. The number of methoxy groups -OCH3 is 1. The van der Waals surface area contributed by atoms with Crippen LogP contribution in [0.5, 0.6) is 5.75 Å². The number of nitrogens with zero attached hydrogens (tertiary/aromatic N) is 5. The van der Waals surface area contributed by atoms with Gasteiger partial charge in [0.2, 0.25) is 5.95 Å². The van der Waals surface area contributed by atoms with E-state index < -0.39 is 0 Å². The quantitative estimate of drug-likeness (QED) is 0.359. The molecule has 0 spiro atoms. The van der Waals surface area contributed by atoms with Crippen LogP contribution in [0.4, 0.5) is 5.95 Å². The highest BCUT2D eigenvalue weighted by molar-refractivity contribution is 8.01. The van der Waals surface area contributed by atoms with Crippen molar-refractivity contribution in [1.29, 1.82) is 0 Å². The van der Waals surface area contributed by atoms with Crippen molar-refractivity contribution in [2.45, 2.75) is 17.3 Å². The van der Waals surface area contributed by atoms with Crippen LogP contribution >= 0.6 is 23.1 Å². The fourth-order valence-electron chi connectivity index (χ4n) is 3.61. The normalized spacial score (nSPS) is 15.2. The third kappa shape index (κ3) is 4.44. The van der Waals surface area contributed by atoms with E-state index in [-0.39, 0.29) is 6.04 Å². The predicted molar refractivity (Wildman–Crippen MR) is 129 cm³/mol. The van der Waals surface area contributed by atoms with Crippen molar-refractivity contribution >= 4 is 29.0 Å². The van der Waals surface area contributed by atoms with Crippen LogP contribution in [0.1, 0.15) is 18.5 Å². The maximum Gasteiger partial charge on any atom is 0.226 e. The summed E-state index contributed by atoms with van der Waals surface area (Å²) in [6.45, 7) is 2.52. The molecule has 8 nitrogen and oxygen atoms in total. The molecule has 1 aliphatic heterocycles. The number of hydrogen-bond donors (Lipinski definition) is 1. The Labute approximate surface area is 199 Å². The number of nitrogens with one attached hydrogen (secondary N) is 1. The highest BCUT2D eigenvalue weighted by atomic mass is 32.2. The summed E-state index contributed by atoms with van der Waals surface area (Å²) in [6.07, 6.45) is 1.55. The molecule has 2 aromatic carbocycles. The van der Waals surface area contributed by atoms with E-state index in [1.165, 1.54) is 0 Å². The van der Waals surface area contributed by atoms with Crippen molar-refractivity contribution in [2.24, 2.45) is 0 Å². The lowest BCUT2D eigenvalue weighted by molar-refractivity contribution is 0.192. The van der Waals surface area contributed by atoms with Gasteiger partial charge in [0.1, 0.15) is 28.9 Å². The number of rotatable bonds is 8. The molecule has 0 radical (unpaired) electrons. The van der Waals surface area contributed by atoms with Crippen LogP contribution in [0.25, 0.3) is 10.6 Å². The molecule has 0 saturated heterocycles. The van der Waals surface area contributed by atoms with Gasteiger partial charge in [0.25, 0.3) is 0 Å². The summed E-state index contributed by atoms with van der Waals surface area (Å²) in [7, 11) is 1.66. The standard InChI is InChI=1S/C23H22N6O2S2/c1-3-31-20-18(13-32-23-28-27-21(33-23)16-7-5-4-6-8-16)26-22-24-14-25-29(22)19(20)15-9-11-17(30-2)12-10-15/h4-12,14,19H,3,13H2,1-2H3,(H,24,25,26)/t19-/m0/s1. The second kappa shape index (κ2) is 9.63. The van der Waals surface area contributed by atoms with E-state index in [0.29, 0.717) is 18.3 Å². The predicted octanol–water partition coefficient (Wildman–Crippen LogP) is 4.86. The Bertz CT molecular complexity index is 1250. The zero-order chi connectivity index (χ0) is 22.6. The third-order valence-corrected chi connectivity index (χ3v) is 7.26. The first-order valence-electron chi connectivity index (χ1n) is 10.4. The Morgan fingerprint density at radius 2 is 1.91 bits per heavy atom. The van der Waals surface area contributed by atoms with Gasteiger partial charge in [-0.3, -0.25) is 0 Å². The number of anilines is 1. The summed E-state index contributed by atoms with van der Waals surface area (Å²) >= 11 is 3.20. The van der Waals surface area contributed by atoms with Gasteiger partial charge in [-0.05, 0) is 24.6 Å². The second-order valence-corrected chi connectivity index (χ2v) is 9.33. The first-order valence-corrected chi connectivity index (χ1v) is 12.2. The van der Waals surface area contributed by atoms with Crippen molar-refractivity contribution < 1.29 is 9.47 Å². The fraction of sp³-hybridized carbons (Fsp3) is 0.217. The zero-order valence-electron chi connectivity index (χ0n) is 18.1. The zero-order valence-corrected chi connectivity index (χ0v) is 19.8. The molecule has 168 valence electrons. The number of benzene rings is 2. The summed E-state index contributed by atoms with van der Waals surface area (Å²) in [6, 6.07) is 17.8. The van der Waals surface area contributed by atoms with Crippen LogP contribution < -0.4 is 10.1 Å². The minimum atomic E-state index is -0.223. The van der Waals surface area contributed by atoms with Gasteiger partial charge in [-0.2, -0.15) is 10.1 Å². The summed E-state index contributed by atoms with van der Waals surface area (Å²) in [4.78, 5) is 4.40. The molecule has 1 atom stereocenters. The fourth-order valence-corrected chi connectivity index (χ4v) is 5.42. The van der Waals surface area contributed by atoms with E-state index in [9.17, 15) is 0 Å². The summed E-state index contributed by atoms with van der Waals surface area (Å²) in [5, 5.41) is 17.5. The maximum atomic E-state index is 6.16. The van der Waals surface area contributed by atoms with Gasteiger partial charge in [-0.25, -0.2) is 4.68 Å². The number of allylic oxidation sites excluding steroid dienone is 1. The highest BCUT2D eigenvalue weighted by Gasteiger charge is 2.32. The lowest BCUT2D eigenvalue weighted by Crippen LogP contribution is -2.28. The van der Waals surface area contributed by atoms with Gasteiger partial charge in [-0.15, -0.1) is 10.2 Å². The van der Waals surface area contributed by atoms with Crippen molar-refractivity contribution in [3.63, 3.8) is 0 Å². The molecule has 0 fully saturated rings. The Hall–Kier alpha value is -3.37. The number of hydrogen-bond acceptors (Lipinski definition) is 9. The topological polar surface area (TPSA) is 87.0 Å². The van der Waals surface area contributed by atoms with E-state index in [4.69, 9.17) is 9.47 Å².